The van der Waals surface area contributed by atoms with Crippen LogP contribution >= 0.6 is 0 Å². The van der Waals surface area contributed by atoms with E-state index < -0.39 is 11.7 Å². The van der Waals surface area contributed by atoms with Gasteiger partial charge in [-0.25, -0.2) is 4.39 Å². The van der Waals surface area contributed by atoms with Gasteiger partial charge in [0, 0.05) is 12.1 Å². The van der Waals surface area contributed by atoms with Crippen molar-refractivity contribution in [3.05, 3.63) is 29.6 Å². The highest BCUT2D eigenvalue weighted by Gasteiger charge is 2.34. The molecule has 1 aliphatic carbocycles. The predicted molar refractivity (Wildman–Crippen MR) is 68.3 cm³/mol. The number of benzene rings is 1. The summed E-state index contributed by atoms with van der Waals surface area (Å²) < 4.78 is 13.6. The number of rotatable bonds is 4. The number of carbonyl (C=O) groups is 1. The summed E-state index contributed by atoms with van der Waals surface area (Å²) in [6.45, 7) is 1.95. The highest BCUT2D eigenvalue weighted by molar-refractivity contribution is 5.94. The van der Waals surface area contributed by atoms with Crippen LogP contribution < -0.4 is 5.32 Å². The summed E-state index contributed by atoms with van der Waals surface area (Å²) in [5.41, 5.74) is -0.0730. The molecule has 0 saturated heterocycles. The molecule has 0 heterocycles. The molecule has 0 unspecified atom stereocenters. The minimum atomic E-state index is -0.735. The Bertz CT molecular complexity index is 472. The van der Waals surface area contributed by atoms with Gasteiger partial charge in [-0.2, -0.15) is 0 Å². The van der Waals surface area contributed by atoms with E-state index in [9.17, 15) is 14.3 Å². The molecule has 1 fully saturated rings. The molecule has 2 rings (SSSR count). The molecule has 0 aromatic heterocycles. The van der Waals surface area contributed by atoms with Gasteiger partial charge in [-0.15, -0.1) is 0 Å². The normalized spacial score (nSPS) is 23.5. The second-order valence-electron chi connectivity index (χ2n) is 5.04. The second kappa shape index (κ2) is 5.57. The van der Waals surface area contributed by atoms with Gasteiger partial charge in [0.05, 0.1) is 11.7 Å². The molecule has 0 spiro atoms. The van der Waals surface area contributed by atoms with E-state index in [0.717, 1.165) is 12.5 Å². The van der Waals surface area contributed by atoms with Crippen molar-refractivity contribution < 1.29 is 19.4 Å². The van der Waals surface area contributed by atoms with Gasteiger partial charge in [0.25, 0.3) is 5.91 Å². The molecule has 0 aliphatic heterocycles. The molecule has 19 heavy (non-hydrogen) atoms. The highest BCUT2D eigenvalue weighted by Crippen LogP contribution is 2.31. The summed E-state index contributed by atoms with van der Waals surface area (Å²) >= 11 is 0. The molecule has 1 saturated carbocycles. The van der Waals surface area contributed by atoms with E-state index in [4.69, 9.17) is 5.11 Å². The fraction of sp³-hybridized carbons (Fsp3) is 0.500. The Kier molecular flexibility index (Phi) is 4.04. The number of carbonyl (C=O) groups excluding carboxylic acids is 1. The number of hydrogen-bond acceptors (Lipinski definition) is 3. The van der Waals surface area contributed by atoms with Crippen LogP contribution in [0.3, 0.4) is 0 Å². The van der Waals surface area contributed by atoms with Gasteiger partial charge >= 0.3 is 0 Å². The molecular weight excluding hydrogens is 249 g/mol. The van der Waals surface area contributed by atoms with Gasteiger partial charge in [-0.1, -0.05) is 6.92 Å². The lowest BCUT2D eigenvalue weighted by Gasteiger charge is -2.37. The predicted octanol–water partition coefficient (Wildman–Crippen LogP) is 1.81. The Morgan fingerprint density at radius 1 is 1.53 bits per heavy atom. The Labute approximate surface area is 111 Å². The van der Waals surface area contributed by atoms with Crippen LogP contribution in [0.4, 0.5) is 4.39 Å². The number of aliphatic hydroxyl groups is 1. The summed E-state index contributed by atoms with van der Waals surface area (Å²) in [5, 5.41) is 21.2. The largest absolute Gasteiger partial charge is 0.508 e. The number of hydrogen-bond donors (Lipinski definition) is 3. The maximum atomic E-state index is 13.6. The van der Waals surface area contributed by atoms with E-state index in [0.29, 0.717) is 12.8 Å². The average Bonchev–Trinajstić information content (AvgIpc) is 2.32. The molecule has 0 bridgehead atoms. The van der Waals surface area contributed by atoms with E-state index in [1.54, 1.807) is 0 Å². The van der Waals surface area contributed by atoms with Crippen LogP contribution in [0, 0.1) is 11.7 Å². The first kappa shape index (κ1) is 13.8. The Morgan fingerprint density at radius 2 is 2.21 bits per heavy atom. The van der Waals surface area contributed by atoms with Crippen LogP contribution in [-0.4, -0.2) is 28.3 Å². The lowest BCUT2D eigenvalue weighted by atomic mass is 9.76. The summed E-state index contributed by atoms with van der Waals surface area (Å²) in [7, 11) is 0. The standard InChI is InChI=1S/C14H18FNO3/c1-2-13(8-5-10(18)6-8)16-14(19)11-4-3-9(17)7-12(11)15/h3-4,7-8,10,13,17-18H,2,5-6H2,1H3,(H,16,19)/t8?,10?,13-/m0/s1. The number of phenols is 1. The van der Waals surface area contributed by atoms with Crippen molar-refractivity contribution in [1.29, 1.82) is 0 Å². The third kappa shape index (κ3) is 3.04. The molecule has 1 amide bonds. The summed E-state index contributed by atoms with van der Waals surface area (Å²) in [6, 6.07) is 3.42. The number of nitrogens with one attached hydrogen (secondary N) is 1. The van der Waals surface area contributed by atoms with E-state index in [1.807, 2.05) is 6.92 Å². The number of aromatic hydroxyl groups is 1. The first-order chi connectivity index (χ1) is 9.01. The molecule has 4 nitrogen and oxygen atoms in total. The van der Waals surface area contributed by atoms with Gasteiger partial charge in [-0.3, -0.25) is 4.79 Å². The Morgan fingerprint density at radius 3 is 2.74 bits per heavy atom. The average molecular weight is 267 g/mol. The van der Waals surface area contributed by atoms with Gasteiger partial charge < -0.3 is 15.5 Å². The molecule has 0 radical (unpaired) electrons. The summed E-state index contributed by atoms with van der Waals surface area (Å²) in [5.74, 6) is -1.17. The maximum absolute atomic E-state index is 13.6. The van der Waals surface area contributed by atoms with E-state index in [-0.39, 0.29) is 29.4 Å². The van der Waals surface area contributed by atoms with Crippen molar-refractivity contribution in [3.8, 4) is 5.75 Å². The van der Waals surface area contributed by atoms with E-state index in [2.05, 4.69) is 5.32 Å². The minimum Gasteiger partial charge on any atom is -0.508 e. The fourth-order valence-electron chi connectivity index (χ4n) is 2.45. The summed E-state index contributed by atoms with van der Waals surface area (Å²) in [6.07, 6.45) is 1.82. The highest BCUT2D eigenvalue weighted by atomic mass is 19.1. The van der Waals surface area contributed by atoms with Crippen molar-refractivity contribution in [1.82, 2.24) is 5.32 Å². The number of amides is 1. The lowest BCUT2D eigenvalue weighted by molar-refractivity contribution is 0.0232. The van der Waals surface area contributed by atoms with Gasteiger partial charge in [0.15, 0.2) is 0 Å². The van der Waals surface area contributed by atoms with Crippen molar-refractivity contribution in [2.24, 2.45) is 5.92 Å². The van der Waals surface area contributed by atoms with Crippen LogP contribution in [0.5, 0.6) is 5.75 Å². The molecule has 104 valence electrons. The quantitative estimate of drug-likeness (QED) is 0.779. The first-order valence-electron chi connectivity index (χ1n) is 6.48. The molecule has 5 heteroatoms. The molecule has 1 aliphatic rings. The van der Waals surface area contributed by atoms with Crippen LogP contribution in [0.1, 0.15) is 36.5 Å². The molecule has 1 aromatic carbocycles. The number of phenolic OH excluding ortho intramolecular Hbond substituents is 1. The van der Waals surface area contributed by atoms with Crippen molar-refractivity contribution in [2.75, 3.05) is 0 Å². The van der Waals surface area contributed by atoms with Crippen LogP contribution in [0.2, 0.25) is 0 Å². The minimum absolute atomic E-state index is 0.0518. The van der Waals surface area contributed by atoms with Crippen molar-refractivity contribution in [3.63, 3.8) is 0 Å². The monoisotopic (exact) mass is 267 g/mol. The van der Waals surface area contributed by atoms with Crippen LogP contribution in [-0.2, 0) is 0 Å². The molecule has 1 atom stereocenters. The van der Waals surface area contributed by atoms with Crippen LogP contribution in [0.25, 0.3) is 0 Å². The zero-order chi connectivity index (χ0) is 14.0. The van der Waals surface area contributed by atoms with E-state index in [1.165, 1.54) is 12.1 Å². The van der Waals surface area contributed by atoms with Gasteiger partial charge in [0.1, 0.15) is 11.6 Å². The second-order valence-corrected chi connectivity index (χ2v) is 5.04. The molecular formula is C14H18FNO3. The SMILES string of the molecule is CC[C@H](NC(=O)c1ccc(O)cc1F)C1CC(O)C1. The first-order valence-corrected chi connectivity index (χ1v) is 6.48. The lowest BCUT2D eigenvalue weighted by Crippen LogP contribution is -2.46. The zero-order valence-electron chi connectivity index (χ0n) is 10.8. The molecule has 1 aromatic rings. The van der Waals surface area contributed by atoms with Gasteiger partial charge in [-0.05, 0) is 37.3 Å². The van der Waals surface area contributed by atoms with Crippen molar-refractivity contribution in [2.45, 2.75) is 38.3 Å². The number of halogens is 1. The zero-order valence-corrected chi connectivity index (χ0v) is 10.8. The topological polar surface area (TPSA) is 69.6 Å². The molecule has 3 N–H and O–H groups in total. The number of aliphatic hydroxyl groups excluding tert-OH is 1. The smallest absolute Gasteiger partial charge is 0.254 e. The summed E-state index contributed by atoms with van der Waals surface area (Å²) in [4.78, 5) is 12.0. The van der Waals surface area contributed by atoms with Crippen molar-refractivity contribution >= 4 is 5.91 Å². The van der Waals surface area contributed by atoms with E-state index >= 15 is 0 Å². The fourth-order valence-corrected chi connectivity index (χ4v) is 2.45. The third-order valence-corrected chi connectivity index (χ3v) is 3.67. The Balaban J connectivity index is 2.03. The van der Waals surface area contributed by atoms with Gasteiger partial charge in [0.2, 0.25) is 0 Å². The maximum Gasteiger partial charge on any atom is 0.254 e. The van der Waals surface area contributed by atoms with Crippen LogP contribution in [0.15, 0.2) is 18.2 Å². The Hall–Kier alpha value is -1.62. The third-order valence-electron chi connectivity index (χ3n) is 3.67.